The summed E-state index contributed by atoms with van der Waals surface area (Å²) in [5, 5.41) is 0. The molecule has 27 heavy (non-hydrogen) atoms. The second kappa shape index (κ2) is 8.08. The van der Waals surface area contributed by atoms with E-state index in [0.717, 1.165) is 36.2 Å². The van der Waals surface area contributed by atoms with Crippen molar-refractivity contribution in [2.24, 2.45) is 5.92 Å². The van der Waals surface area contributed by atoms with Crippen LogP contribution in [0.5, 0.6) is 5.88 Å². The zero-order chi connectivity index (χ0) is 18.6. The minimum Gasteiger partial charge on any atom is -0.475 e. The van der Waals surface area contributed by atoms with E-state index in [1.807, 2.05) is 36.1 Å². The molecule has 1 aromatic heterocycles. The van der Waals surface area contributed by atoms with E-state index in [4.69, 9.17) is 14.5 Å². The second-order valence-corrected chi connectivity index (χ2v) is 7.00. The van der Waals surface area contributed by atoms with Gasteiger partial charge in [0, 0.05) is 26.2 Å². The maximum atomic E-state index is 12.9. The van der Waals surface area contributed by atoms with Crippen LogP contribution in [-0.4, -0.2) is 66.8 Å². The third-order valence-corrected chi connectivity index (χ3v) is 5.20. The van der Waals surface area contributed by atoms with Crippen LogP contribution >= 0.6 is 0 Å². The Hall–Kier alpha value is -2.41. The number of hydrogen-bond acceptors (Lipinski definition) is 6. The Bertz CT molecular complexity index is 807. The van der Waals surface area contributed by atoms with Gasteiger partial charge in [0.1, 0.15) is 0 Å². The Balaban J connectivity index is 1.58. The van der Waals surface area contributed by atoms with E-state index in [2.05, 4.69) is 9.88 Å². The highest BCUT2D eigenvalue weighted by atomic mass is 16.5. The number of fused-ring (bicyclic) bond motifs is 1. The average Bonchev–Trinajstić information content (AvgIpc) is 2.73. The van der Waals surface area contributed by atoms with Gasteiger partial charge in [-0.15, -0.1) is 0 Å². The molecule has 0 bridgehead atoms. The first kappa shape index (κ1) is 18.0. The van der Waals surface area contributed by atoms with Crippen molar-refractivity contribution in [3.8, 4) is 5.88 Å². The molecule has 2 aliphatic heterocycles. The van der Waals surface area contributed by atoms with E-state index in [1.54, 1.807) is 0 Å². The van der Waals surface area contributed by atoms with Crippen LogP contribution in [0.1, 0.15) is 19.8 Å². The number of ether oxygens (including phenoxy) is 2. The summed E-state index contributed by atoms with van der Waals surface area (Å²) in [6, 6.07) is 7.81. The summed E-state index contributed by atoms with van der Waals surface area (Å²) in [7, 11) is 0. The summed E-state index contributed by atoms with van der Waals surface area (Å²) >= 11 is 0. The van der Waals surface area contributed by atoms with Crippen LogP contribution in [0.2, 0.25) is 0 Å². The molecule has 0 unspecified atom stereocenters. The van der Waals surface area contributed by atoms with Gasteiger partial charge in [0.25, 0.3) is 5.88 Å². The van der Waals surface area contributed by atoms with Gasteiger partial charge in [0.05, 0.1) is 36.8 Å². The van der Waals surface area contributed by atoms with Gasteiger partial charge in [-0.1, -0.05) is 12.1 Å². The van der Waals surface area contributed by atoms with Gasteiger partial charge >= 0.3 is 0 Å². The van der Waals surface area contributed by atoms with Gasteiger partial charge in [-0.2, -0.15) is 0 Å². The van der Waals surface area contributed by atoms with Crippen LogP contribution in [0.4, 0.5) is 5.82 Å². The molecular weight excluding hydrogens is 344 g/mol. The minimum atomic E-state index is -0.0143. The lowest BCUT2D eigenvalue weighted by Crippen LogP contribution is -2.48. The summed E-state index contributed by atoms with van der Waals surface area (Å²) < 4.78 is 11.2. The molecule has 4 rings (SSSR count). The van der Waals surface area contributed by atoms with E-state index in [0.29, 0.717) is 45.3 Å². The molecule has 144 valence electrons. The van der Waals surface area contributed by atoms with Crippen LogP contribution in [0, 0.1) is 5.92 Å². The van der Waals surface area contributed by atoms with Crippen molar-refractivity contribution in [1.29, 1.82) is 0 Å². The molecule has 0 radical (unpaired) electrons. The van der Waals surface area contributed by atoms with Crippen molar-refractivity contribution >= 4 is 22.8 Å². The number of para-hydroxylation sites is 2. The van der Waals surface area contributed by atoms with Gasteiger partial charge in [0.15, 0.2) is 5.82 Å². The number of carbonyl (C=O) groups is 1. The van der Waals surface area contributed by atoms with Crippen molar-refractivity contribution in [3.05, 3.63) is 24.3 Å². The number of amides is 1. The first-order chi connectivity index (χ1) is 13.3. The number of piperidine rings is 1. The fourth-order valence-electron chi connectivity index (χ4n) is 3.83. The predicted octanol–water partition coefficient (Wildman–Crippen LogP) is 2.10. The number of carbonyl (C=O) groups excluding carboxylic acids is 1. The Morgan fingerprint density at radius 3 is 2.67 bits per heavy atom. The Kier molecular flexibility index (Phi) is 5.38. The fraction of sp³-hybridized carbons (Fsp3) is 0.550. The number of rotatable bonds is 4. The van der Waals surface area contributed by atoms with Crippen molar-refractivity contribution in [2.45, 2.75) is 19.8 Å². The van der Waals surface area contributed by atoms with Crippen molar-refractivity contribution in [1.82, 2.24) is 14.9 Å². The number of morpholine rings is 1. The summed E-state index contributed by atoms with van der Waals surface area (Å²) in [4.78, 5) is 26.5. The van der Waals surface area contributed by atoms with Gasteiger partial charge in [-0.3, -0.25) is 4.79 Å². The SMILES string of the molecule is CCOc1nc2ccccc2nc1N1CCC[C@@H](C(=O)N2CCOCC2)C1. The average molecular weight is 370 g/mol. The van der Waals surface area contributed by atoms with Crippen molar-refractivity contribution < 1.29 is 14.3 Å². The Morgan fingerprint density at radius 2 is 1.93 bits per heavy atom. The molecule has 1 atom stereocenters. The van der Waals surface area contributed by atoms with Crippen molar-refractivity contribution in [3.63, 3.8) is 0 Å². The van der Waals surface area contributed by atoms with E-state index < -0.39 is 0 Å². The zero-order valence-corrected chi connectivity index (χ0v) is 15.8. The highest BCUT2D eigenvalue weighted by Crippen LogP contribution is 2.31. The standard InChI is InChI=1S/C20H26N4O3/c1-2-27-19-18(21-16-7-3-4-8-17(16)22-19)24-9-5-6-15(14-24)20(25)23-10-12-26-13-11-23/h3-4,7-8,15H,2,5-6,9-14H2,1H3/t15-/m1/s1. The summed E-state index contributed by atoms with van der Waals surface area (Å²) in [6.45, 7) is 6.64. The lowest BCUT2D eigenvalue weighted by molar-refractivity contribution is -0.139. The molecule has 7 heteroatoms. The Morgan fingerprint density at radius 1 is 1.19 bits per heavy atom. The third-order valence-electron chi connectivity index (χ3n) is 5.20. The number of nitrogens with zero attached hydrogens (tertiary/aromatic N) is 4. The minimum absolute atomic E-state index is 0.0143. The van der Waals surface area contributed by atoms with Crippen LogP contribution in [-0.2, 0) is 9.53 Å². The molecule has 2 aromatic rings. The zero-order valence-electron chi connectivity index (χ0n) is 15.8. The quantitative estimate of drug-likeness (QED) is 0.821. The number of hydrogen-bond donors (Lipinski definition) is 0. The van der Waals surface area contributed by atoms with Gasteiger partial charge in [-0.05, 0) is 31.9 Å². The van der Waals surface area contributed by atoms with Crippen molar-refractivity contribution in [2.75, 3.05) is 50.9 Å². The maximum absolute atomic E-state index is 12.9. The normalized spacial score (nSPS) is 20.7. The van der Waals surface area contributed by atoms with Gasteiger partial charge in [0.2, 0.25) is 5.91 Å². The molecular formula is C20H26N4O3. The van der Waals surface area contributed by atoms with Crippen LogP contribution < -0.4 is 9.64 Å². The van der Waals surface area contributed by atoms with E-state index in [1.165, 1.54) is 0 Å². The maximum Gasteiger partial charge on any atom is 0.258 e. The monoisotopic (exact) mass is 370 g/mol. The molecule has 0 N–H and O–H groups in total. The molecule has 3 heterocycles. The number of anilines is 1. The molecule has 0 spiro atoms. The first-order valence-corrected chi connectivity index (χ1v) is 9.77. The first-order valence-electron chi connectivity index (χ1n) is 9.77. The lowest BCUT2D eigenvalue weighted by atomic mass is 9.96. The predicted molar refractivity (Wildman–Crippen MR) is 103 cm³/mol. The smallest absolute Gasteiger partial charge is 0.258 e. The lowest BCUT2D eigenvalue weighted by Gasteiger charge is -2.36. The molecule has 1 aromatic carbocycles. The molecule has 1 amide bonds. The Labute approximate surface area is 159 Å². The van der Waals surface area contributed by atoms with E-state index in [9.17, 15) is 4.79 Å². The van der Waals surface area contributed by atoms with E-state index in [-0.39, 0.29) is 11.8 Å². The second-order valence-electron chi connectivity index (χ2n) is 7.00. The molecule has 0 aliphatic carbocycles. The topological polar surface area (TPSA) is 67.8 Å². The summed E-state index contributed by atoms with van der Waals surface area (Å²) in [6.07, 6.45) is 1.87. The third kappa shape index (κ3) is 3.83. The van der Waals surface area contributed by atoms with Gasteiger partial charge in [-0.25, -0.2) is 9.97 Å². The largest absolute Gasteiger partial charge is 0.475 e. The van der Waals surface area contributed by atoms with E-state index >= 15 is 0 Å². The van der Waals surface area contributed by atoms with Crippen LogP contribution in [0.3, 0.4) is 0 Å². The fourth-order valence-corrected chi connectivity index (χ4v) is 3.83. The van der Waals surface area contributed by atoms with Crippen LogP contribution in [0.15, 0.2) is 24.3 Å². The highest BCUT2D eigenvalue weighted by molar-refractivity contribution is 5.81. The number of benzene rings is 1. The molecule has 0 saturated carbocycles. The highest BCUT2D eigenvalue weighted by Gasteiger charge is 2.32. The summed E-state index contributed by atoms with van der Waals surface area (Å²) in [5.41, 5.74) is 1.67. The molecule has 2 aliphatic rings. The number of aromatic nitrogens is 2. The molecule has 2 saturated heterocycles. The molecule has 7 nitrogen and oxygen atoms in total. The summed E-state index contributed by atoms with van der Waals surface area (Å²) in [5.74, 6) is 1.51. The van der Waals surface area contributed by atoms with Gasteiger partial charge < -0.3 is 19.3 Å². The molecule has 2 fully saturated rings. The van der Waals surface area contributed by atoms with Crippen LogP contribution in [0.25, 0.3) is 11.0 Å².